The minimum atomic E-state index is -1.53. The number of ether oxygens (including phenoxy) is 2. The van der Waals surface area contributed by atoms with Crippen LogP contribution >= 0.6 is 0 Å². The van der Waals surface area contributed by atoms with Crippen LogP contribution in [0.3, 0.4) is 0 Å². The van der Waals surface area contributed by atoms with E-state index >= 15 is 0 Å². The van der Waals surface area contributed by atoms with Gasteiger partial charge in [-0.1, -0.05) is 0 Å². The Hall–Kier alpha value is -2.97. The van der Waals surface area contributed by atoms with Crippen LogP contribution in [-0.4, -0.2) is 49.1 Å². The highest BCUT2D eigenvalue weighted by molar-refractivity contribution is 6.11. The summed E-state index contributed by atoms with van der Waals surface area (Å²) in [7, 11) is 1.22. The lowest BCUT2D eigenvalue weighted by atomic mass is 9.75. The molecule has 2 rings (SSSR count). The van der Waals surface area contributed by atoms with Crippen molar-refractivity contribution in [3.05, 3.63) is 28.7 Å². The summed E-state index contributed by atoms with van der Waals surface area (Å²) in [4.78, 5) is 56.9. The van der Waals surface area contributed by atoms with Gasteiger partial charge in [0.2, 0.25) is 5.91 Å². The molecule has 0 aromatic heterocycles. The second-order valence-electron chi connectivity index (χ2n) is 6.96. The van der Waals surface area contributed by atoms with Crippen molar-refractivity contribution < 1.29 is 33.6 Å². The quantitative estimate of drug-likeness (QED) is 0.458. The fourth-order valence-corrected chi connectivity index (χ4v) is 3.63. The number of carbonyl (C=O) groups excluding carboxylic acids is 3. The maximum Gasteiger partial charge on any atom is 0.317 e. The number of benzene rings is 1. The first kappa shape index (κ1) is 22.3. The van der Waals surface area contributed by atoms with Crippen LogP contribution in [0, 0.1) is 4.91 Å². The molecule has 0 fully saturated rings. The van der Waals surface area contributed by atoms with Crippen LogP contribution in [0.1, 0.15) is 46.1 Å². The average Bonchev–Trinajstić information content (AvgIpc) is 2.89. The topological polar surface area (TPSA) is 102 Å². The first-order valence-corrected chi connectivity index (χ1v) is 9.52. The Balaban J connectivity index is 2.69. The van der Waals surface area contributed by atoms with E-state index in [0.29, 0.717) is 16.2 Å². The summed E-state index contributed by atoms with van der Waals surface area (Å²) in [6.45, 7) is 7.26. The minimum absolute atomic E-state index is 0.140. The molecule has 1 amide bonds. The van der Waals surface area contributed by atoms with Crippen LogP contribution < -0.4 is 4.90 Å². The van der Waals surface area contributed by atoms with Crippen LogP contribution in [0.15, 0.2) is 18.2 Å². The van der Waals surface area contributed by atoms with Crippen molar-refractivity contribution in [2.45, 2.75) is 52.0 Å². The van der Waals surface area contributed by atoms with Crippen LogP contribution in [0.5, 0.6) is 0 Å². The Morgan fingerprint density at radius 1 is 1.10 bits per heavy atom. The first-order chi connectivity index (χ1) is 13.7. The highest BCUT2D eigenvalue weighted by Gasteiger charge is 2.55. The van der Waals surface area contributed by atoms with E-state index in [2.05, 4.69) is 0 Å². The second-order valence-corrected chi connectivity index (χ2v) is 6.96. The number of hydrogen-bond acceptors (Lipinski definition) is 7. The second kappa shape index (κ2) is 9.02. The molecule has 1 aliphatic heterocycles. The van der Waals surface area contributed by atoms with Gasteiger partial charge in [0.15, 0.2) is 7.11 Å². The first-order valence-electron chi connectivity index (χ1n) is 9.52. The number of fused-ring (bicyclic) bond motifs is 1. The number of rotatable bonds is 9. The van der Waals surface area contributed by atoms with E-state index in [0.717, 1.165) is 0 Å². The SMILES string of the molecule is CCOC(=O)CC1(CC(=O)OCC)C(=O)N(C(C)C)c2ccc([N+](=O)OC)cc21. The van der Waals surface area contributed by atoms with Crippen LogP contribution in [-0.2, 0) is 34.1 Å². The third-order valence-electron chi connectivity index (χ3n) is 4.78. The fraction of sp³-hybridized carbons (Fsp3) is 0.550. The number of esters is 2. The van der Waals surface area contributed by atoms with Gasteiger partial charge in [0.25, 0.3) is 4.92 Å². The van der Waals surface area contributed by atoms with Gasteiger partial charge >= 0.3 is 17.6 Å². The molecule has 0 bridgehead atoms. The third kappa shape index (κ3) is 4.23. The van der Waals surface area contributed by atoms with Gasteiger partial charge in [0.05, 0.1) is 36.4 Å². The van der Waals surface area contributed by atoms with Crippen molar-refractivity contribution in [1.82, 2.24) is 0 Å². The van der Waals surface area contributed by atoms with E-state index < -0.39 is 23.3 Å². The van der Waals surface area contributed by atoms with E-state index in [1.807, 2.05) is 13.8 Å². The number of anilines is 1. The maximum absolute atomic E-state index is 13.5. The average molecular weight is 407 g/mol. The van der Waals surface area contributed by atoms with E-state index in [-0.39, 0.29) is 37.8 Å². The Kier molecular flexibility index (Phi) is 6.94. The normalized spacial score (nSPS) is 14.6. The van der Waals surface area contributed by atoms with Crippen molar-refractivity contribution in [3.8, 4) is 0 Å². The van der Waals surface area contributed by atoms with Gasteiger partial charge in [-0.3, -0.25) is 14.4 Å². The molecule has 0 saturated heterocycles. The lowest BCUT2D eigenvalue weighted by Crippen LogP contribution is -2.46. The lowest BCUT2D eigenvalue weighted by molar-refractivity contribution is -0.736. The van der Waals surface area contributed by atoms with Crippen LogP contribution in [0.4, 0.5) is 11.4 Å². The highest BCUT2D eigenvalue weighted by Crippen LogP contribution is 2.48. The van der Waals surface area contributed by atoms with Gasteiger partial charge in [0, 0.05) is 23.9 Å². The van der Waals surface area contributed by atoms with Crippen LogP contribution in [0.25, 0.3) is 0 Å². The van der Waals surface area contributed by atoms with Gasteiger partial charge in [-0.15, -0.1) is 0 Å². The highest BCUT2D eigenvalue weighted by atomic mass is 16.8. The van der Waals surface area contributed by atoms with E-state index in [9.17, 15) is 19.3 Å². The van der Waals surface area contributed by atoms with Gasteiger partial charge in [-0.25, -0.2) is 4.84 Å². The Morgan fingerprint density at radius 2 is 1.66 bits per heavy atom. The standard InChI is InChI=1S/C20H27N2O7/c1-6-28-17(23)11-20(12-18(24)29-7-2)15-10-14(22(26)27-5)8-9-16(15)21(13(3)4)19(20)25/h8-10,13H,6-7,11-12H2,1-5H3/q+1. The minimum Gasteiger partial charge on any atom is -0.466 e. The maximum atomic E-state index is 13.5. The van der Waals surface area contributed by atoms with Gasteiger partial charge < -0.3 is 14.4 Å². The zero-order valence-electron chi connectivity index (χ0n) is 17.4. The summed E-state index contributed by atoms with van der Waals surface area (Å²) in [6.07, 6.45) is -0.687. The molecule has 0 unspecified atom stereocenters. The van der Waals surface area contributed by atoms with Crippen molar-refractivity contribution in [2.75, 3.05) is 25.2 Å². The van der Waals surface area contributed by atoms with Crippen molar-refractivity contribution in [2.24, 2.45) is 0 Å². The third-order valence-corrected chi connectivity index (χ3v) is 4.78. The molecule has 0 saturated carbocycles. The summed E-state index contributed by atoms with van der Waals surface area (Å²) < 4.78 is 10.1. The zero-order valence-corrected chi connectivity index (χ0v) is 17.4. The molecule has 9 heteroatoms. The van der Waals surface area contributed by atoms with E-state index in [1.54, 1.807) is 19.9 Å². The summed E-state index contributed by atoms with van der Waals surface area (Å²) in [5.74, 6) is -1.63. The van der Waals surface area contributed by atoms with Gasteiger partial charge in [0.1, 0.15) is 0 Å². The number of carbonyl (C=O) groups is 3. The molecule has 1 heterocycles. The van der Waals surface area contributed by atoms with Gasteiger partial charge in [-0.05, 0) is 39.3 Å². The molecule has 0 atom stereocenters. The molecule has 0 spiro atoms. The van der Waals surface area contributed by atoms with E-state index in [1.165, 1.54) is 24.1 Å². The number of nitrogens with zero attached hydrogens (tertiary/aromatic N) is 2. The molecule has 0 aliphatic carbocycles. The van der Waals surface area contributed by atoms with Crippen molar-refractivity contribution >= 4 is 29.2 Å². The summed E-state index contributed by atoms with van der Waals surface area (Å²) >= 11 is 0. The van der Waals surface area contributed by atoms with Gasteiger partial charge in [-0.2, -0.15) is 0 Å². The van der Waals surface area contributed by atoms with Crippen LogP contribution in [0.2, 0.25) is 0 Å². The smallest absolute Gasteiger partial charge is 0.317 e. The monoisotopic (exact) mass is 407 g/mol. The van der Waals surface area contributed by atoms with E-state index in [4.69, 9.17) is 14.3 Å². The molecular formula is C20H27N2O7+. The predicted molar refractivity (Wildman–Crippen MR) is 104 cm³/mol. The summed E-state index contributed by atoms with van der Waals surface area (Å²) in [5.41, 5.74) is -0.454. The Bertz CT molecular complexity index is 799. The molecule has 158 valence electrons. The molecule has 1 aromatic rings. The zero-order chi connectivity index (χ0) is 21.8. The largest absolute Gasteiger partial charge is 0.466 e. The number of amides is 1. The molecule has 1 aromatic carbocycles. The lowest BCUT2D eigenvalue weighted by Gasteiger charge is -2.28. The summed E-state index contributed by atoms with van der Waals surface area (Å²) in [5, 5.41) is 0. The fourth-order valence-electron chi connectivity index (χ4n) is 3.63. The Morgan fingerprint density at radius 3 is 2.10 bits per heavy atom. The molecule has 0 radical (unpaired) electrons. The number of hydrogen-bond donors (Lipinski definition) is 0. The summed E-state index contributed by atoms with van der Waals surface area (Å²) in [6, 6.07) is 4.38. The van der Waals surface area contributed by atoms with Crippen molar-refractivity contribution in [3.63, 3.8) is 0 Å². The molecule has 29 heavy (non-hydrogen) atoms. The molecule has 1 aliphatic rings. The predicted octanol–water partition coefficient (Wildman–Crippen LogP) is 2.56. The molecule has 9 nitrogen and oxygen atoms in total. The molecular weight excluding hydrogens is 380 g/mol. The Labute approximate surface area is 169 Å². The molecule has 0 N–H and O–H groups in total. The van der Waals surface area contributed by atoms with Crippen molar-refractivity contribution in [1.29, 1.82) is 0 Å².